The summed E-state index contributed by atoms with van der Waals surface area (Å²) in [7, 11) is 0. The van der Waals surface area contributed by atoms with Gasteiger partial charge in [0, 0.05) is 18.7 Å². The minimum Gasteiger partial charge on any atom is -0.473 e. The van der Waals surface area contributed by atoms with Gasteiger partial charge in [-0.25, -0.2) is 4.99 Å². The molecule has 0 aliphatic carbocycles. The third-order valence-electron chi connectivity index (χ3n) is 1.40. The van der Waals surface area contributed by atoms with Crippen LogP contribution >= 0.6 is 11.8 Å². The molecule has 0 aromatic carbocycles. The summed E-state index contributed by atoms with van der Waals surface area (Å²) in [4.78, 5) is 4.29. The van der Waals surface area contributed by atoms with Crippen molar-refractivity contribution in [3.8, 4) is 0 Å². The Morgan fingerprint density at radius 1 is 1.50 bits per heavy atom. The van der Waals surface area contributed by atoms with E-state index in [4.69, 9.17) is 4.74 Å². The fourth-order valence-electron chi connectivity index (χ4n) is 0.806. The van der Waals surface area contributed by atoms with Gasteiger partial charge in [0.1, 0.15) is 0 Å². The Balaban J connectivity index is 2.26. The molecule has 12 heavy (non-hydrogen) atoms. The number of rotatable bonds is 1. The summed E-state index contributed by atoms with van der Waals surface area (Å²) in [5.41, 5.74) is 0.355. The molecule has 0 saturated carbocycles. The van der Waals surface area contributed by atoms with Crippen molar-refractivity contribution >= 4 is 17.0 Å². The summed E-state index contributed by atoms with van der Waals surface area (Å²) in [5, 5.41) is 0.885. The van der Waals surface area contributed by atoms with Gasteiger partial charge in [-0.05, 0) is 5.41 Å². The van der Waals surface area contributed by atoms with Gasteiger partial charge in [-0.1, -0.05) is 32.5 Å². The predicted molar refractivity (Wildman–Crippen MR) is 54.8 cm³/mol. The van der Waals surface area contributed by atoms with Crippen LogP contribution in [0.3, 0.4) is 0 Å². The van der Waals surface area contributed by atoms with Gasteiger partial charge in [-0.15, -0.1) is 0 Å². The average Bonchev–Trinajstić information content (AvgIpc) is 2.02. The Morgan fingerprint density at radius 2 is 2.25 bits per heavy atom. The van der Waals surface area contributed by atoms with Crippen LogP contribution in [0.2, 0.25) is 0 Å². The van der Waals surface area contributed by atoms with Gasteiger partial charge < -0.3 is 4.74 Å². The summed E-state index contributed by atoms with van der Waals surface area (Å²) in [6.45, 7) is 8.46. The van der Waals surface area contributed by atoms with Gasteiger partial charge in [-0.2, -0.15) is 0 Å². The molecule has 1 aliphatic heterocycles. The first kappa shape index (κ1) is 9.90. The highest BCUT2D eigenvalue weighted by Crippen LogP contribution is 2.22. The van der Waals surface area contributed by atoms with Crippen LogP contribution in [-0.4, -0.2) is 24.1 Å². The summed E-state index contributed by atoms with van der Waals surface area (Å²) < 4.78 is 5.39. The van der Waals surface area contributed by atoms with Crippen LogP contribution in [0.5, 0.6) is 0 Å². The monoisotopic (exact) mass is 187 g/mol. The lowest BCUT2D eigenvalue weighted by Crippen LogP contribution is -2.15. The molecule has 0 atom stereocenters. The van der Waals surface area contributed by atoms with Gasteiger partial charge >= 0.3 is 0 Å². The molecule has 0 aromatic rings. The Kier molecular flexibility index (Phi) is 3.44. The highest BCUT2D eigenvalue weighted by Gasteiger charge is 2.14. The highest BCUT2D eigenvalue weighted by molar-refractivity contribution is 8.13. The maximum atomic E-state index is 5.39. The quantitative estimate of drug-likeness (QED) is 0.629. The molecule has 0 amide bonds. The molecule has 0 fully saturated rings. The Hall–Kier alpha value is -0.180. The molecule has 3 heteroatoms. The molecular formula is C9H17NOS. The fraction of sp³-hybridized carbons (Fsp3) is 0.889. The van der Waals surface area contributed by atoms with Crippen molar-refractivity contribution in [3.63, 3.8) is 0 Å². The number of ether oxygens (including phenoxy) is 1. The van der Waals surface area contributed by atoms with Crippen molar-refractivity contribution < 1.29 is 4.74 Å². The van der Waals surface area contributed by atoms with Crippen molar-refractivity contribution in [1.82, 2.24) is 0 Å². The lowest BCUT2D eigenvalue weighted by molar-refractivity contribution is 0.292. The normalized spacial score (nSPS) is 18.4. The van der Waals surface area contributed by atoms with Gasteiger partial charge in [0.05, 0.1) is 6.61 Å². The Morgan fingerprint density at radius 3 is 2.75 bits per heavy atom. The summed E-state index contributed by atoms with van der Waals surface area (Å²) in [6.07, 6.45) is 1.07. The van der Waals surface area contributed by atoms with E-state index in [-0.39, 0.29) is 0 Å². The second-order valence-corrected chi connectivity index (χ2v) is 5.13. The summed E-state index contributed by atoms with van der Waals surface area (Å²) >= 11 is 1.73. The van der Waals surface area contributed by atoms with E-state index in [1.54, 1.807) is 11.8 Å². The Labute approximate surface area is 78.8 Å². The second-order valence-electron chi connectivity index (χ2n) is 4.20. The molecule has 1 rings (SSSR count). The standard InChI is InChI=1S/C9H17NOS/c1-9(2,3)7-12-8-10-5-4-6-11-8/h4-7H2,1-3H3. The molecule has 2 nitrogen and oxygen atoms in total. The van der Waals surface area contributed by atoms with Crippen molar-refractivity contribution in [2.45, 2.75) is 27.2 Å². The number of hydrogen-bond donors (Lipinski definition) is 0. The van der Waals surface area contributed by atoms with E-state index in [1.807, 2.05) is 0 Å². The first-order valence-corrected chi connectivity index (χ1v) is 5.36. The van der Waals surface area contributed by atoms with Crippen molar-refractivity contribution in [2.24, 2.45) is 10.4 Å². The minimum atomic E-state index is 0.355. The zero-order valence-corrected chi connectivity index (χ0v) is 8.91. The molecular weight excluding hydrogens is 170 g/mol. The molecule has 0 N–H and O–H groups in total. The van der Waals surface area contributed by atoms with E-state index in [0.717, 1.165) is 30.6 Å². The number of aliphatic imine (C=N–C) groups is 1. The second kappa shape index (κ2) is 4.17. The SMILES string of the molecule is CC(C)(C)CSC1=NCCCO1. The summed E-state index contributed by atoms with van der Waals surface area (Å²) in [6, 6.07) is 0. The molecule has 0 unspecified atom stereocenters. The largest absolute Gasteiger partial charge is 0.473 e. The van der Waals surface area contributed by atoms with E-state index in [0.29, 0.717) is 5.41 Å². The molecule has 0 bridgehead atoms. The van der Waals surface area contributed by atoms with Crippen molar-refractivity contribution in [1.29, 1.82) is 0 Å². The van der Waals surface area contributed by atoms with Gasteiger partial charge in [0.15, 0.2) is 0 Å². The van der Waals surface area contributed by atoms with E-state index in [1.165, 1.54) is 0 Å². The first-order chi connectivity index (χ1) is 5.58. The highest BCUT2D eigenvalue weighted by atomic mass is 32.2. The molecule has 1 heterocycles. The van der Waals surface area contributed by atoms with Crippen LogP contribution in [0, 0.1) is 5.41 Å². The third kappa shape index (κ3) is 4.00. The van der Waals surface area contributed by atoms with Crippen LogP contribution in [0.15, 0.2) is 4.99 Å². The van der Waals surface area contributed by atoms with E-state index in [9.17, 15) is 0 Å². The van der Waals surface area contributed by atoms with Gasteiger partial charge in [0.25, 0.3) is 0 Å². The van der Waals surface area contributed by atoms with Gasteiger partial charge in [0.2, 0.25) is 5.23 Å². The van der Waals surface area contributed by atoms with Gasteiger partial charge in [-0.3, -0.25) is 0 Å². The lowest BCUT2D eigenvalue weighted by Gasteiger charge is -2.19. The van der Waals surface area contributed by atoms with Crippen LogP contribution in [0.25, 0.3) is 0 Å². The molecule has 1 aliphatic rings. The predicted octanol–water partition coefficient (Wildman–Crippen LogP) is 2.54. The van der Waals surface area contributed by atoms with Crippen LogP contribution in [0.1, 0.15) is 27.2 Å². The van der Waals surface area contributed by atoms with Crippen molar-refractivity contribution in [3.05, 3.63) is 0 Å². The molecule has 0 saturated heterocycles. The fourth-order valence-corrected chi connectivity index (χ4v) is 1.71. The molecule has 0 spiro atoms. The zero-order valence-electron chi connectivity index (χ0n) is 8.09. The number of thioether (sulfide) groups is 1. The maximum Gasteiger partial charge on any atom is 0.245 e. The lowest BCUT2D eigenvalue weighted by atomic mass is 10.0. The van der Waals surface area contributed by atoms with Crippen LogP contribution in [0.4, 0.5) is 0 Å². The third-order valence-corrected chi connectivity index (χ3v) is 2.90. The molecule has 0 aromatic heterocycles. The summed E-state index contributed by atoms with van der Waals surface area (Å²) in [5.74, 6) is 1.08. The maximum absolute atomic E-state index is 5.39. The minimum absolute atomic E-state index is 0.355. The molecule has 0 radical (unpaired) electrons. The van der Waals surface area contributed by atoms with E-state index >= 15 is 0 Å². The topological polar surface area (TPSA) is 21.6 Å². The van der Waals surface area contributed by atoms with Crippen LogP contribution < -0.4 is 0 Å². The Bertz CT molecular complexity index is 172. The average molecular weight is 187 g/mol. The van der Waals surface area contributed by atoms with E-state index in [2.05, 4.69) is 25.8 Å². The van der Waals surface area contributed by atoms with E-state index < -0.39 is 0 Å². The smallest absolute Gasteiger partial charge is 0.245 e. The van der Waals surface area contributed by atoms with Crippen molar-refractivity contribution in [2.75, 3.05) is 18.9 Å². The van der Waals surface area contributed by atoms with Crippen LogP contribution in [-0.2, 0) is 4.74 Å². The zero-order chi connectivity index (χ0) is 9.03. The molecule has 70 valence electrons. The number of hydrogen-bond acceptors (Lipinski definition) is 3. The number of nitrogens with zero attached hydrogens (tertiary/aromatic N) is 1. The first-order valence-electron chi connectivity index (χ1n) is 4.38.